The molecule has 5 heteroatoms. The lowest BCUT2D eigenvalue weighted by Gasteiger charge is -2.16. The maximum atomic E-state index is 10.9. The summed E-state index contributed by atoms with van der Waals surface area (Å²) < 4.78 is 5.79. The van der Waals surface area contributed by atoms with Gasteiger partial charge in [-0.1, -0.05) is 25.1 Å². The topological polar surface area (TPSA) is 75.8 Å². The lowest BCUT2D eigenvalue weighted by molar-refractivity contribution is 0.0387. The van der Waals surface area contributed by atoms with E-state index >= 15 is 0 Å². The van der Waals surface area contributed by atoms with Crippen molar-refractivity contribution in [2.45, 2.75) is 39.0 Å². The summed E-state index contributed by atoms with van der Waals surface area (Å²) in [4.78, 5) is 12.2. The van der Waals surface area contributed by atoms with E-state index in [0.717, 1.165) is 12.0 Å². The number of nitrogens with two attached hydrogens (primary N) is 1. The van der Waals surface area contributed by atoms with E-state index in [0.29, 0.717) is 19.7 Å². The van der Waals surface area contributed by atoms with Gasteiger partial charge in [0, 0.05) is 6.54 Å². The van der Waals surface area contributed by atoms with Gasteiger partial charge < -0.3 is 20.5 Å². The first-order valence-corrected chi connectivity index (χ1v) is 6.94. The highest BCUT2D eigenvalue weighted by atomic mass is 16.5. The van der Waals surface area contributed by atoms with Crippen LogP contribution in [0.4, 0.5) is 4.79 Å². The molecule has 2 rings (SSSR count). The Bertz CT molecular complexity index is 490. The van der Waals surface area contributed by atoms with E-state index in [1.807, 2.05) is 6.07 Å². The van der Waals surface area contributed by atoms with Crippen LogP contribution in [0.2, 0.25) is 0 Å². The minimum absolute atomic E-state index is 0.225. The predicted molar refractivity (Wildman–Crippen MR) is 76.7 cm³/mol. The fourth-order valence-electron chi connectivity index (χ4n) is 2.53. The van der Waals surface area contributed by atoms with Crippen molar-refractivity contribution in [2.24, 2.45) is 5.73 Å². The zero-order valence-electron chi connectivity index (χ0n) is 12.0. The standard InChI is InChI=1S/C15H22N2O3/c1-3-12-6-11(5-4-10(12)2)9-20-14-8-17(15(18)19)7-13(14)16/h4-6,13-14H,3,7-9,16H2,1-2H3,(H,18,19)/t13-,14-/m0/s1. The lowest BCUT2D eigenvalue weighted by atomic mass is 10.0. The highest BCUT2D eigenvalue weighted by molar-refractivity contribution is 5.65. The Hall–Kier alpha value is -1.59. The molecular formula is C15H22N2O3. The van der Waals surface area contributed by atoms with Crippen molar-refractivity contribution in [1.29, 1.82) is 0 Å². The van der Waals surface area contributed by atoms with Crippen molar-refractivity contribution in [2.75, 3.05) is 13.1 Å². The molecule has 3 N–H and O–H groups in total. The molecule has 1 saturated heterocycles. The van der Waals surface area contributed by atoms with Gasteiger partial charge in [-0.25, -0.2) is 4.79 Å². The molecule has 1 aliphatic heterocycles. The largest absolute Gasteiger partial charge is 0.465 e. The molecule has 0 radical (unpaired) electrons. The summed E-state index contributed by atoms with van der Waals surface area (Å²) in [6.45, 7) is 5.39. The quantitative estimate of drug-likeness (QED) is 0.880. The molecule has 1 aromatic carbocycles. The number of rotatable bonds is 4. The van der Waals surface area contributed by atoms with Gasteiger partial charge in [-0.3, -0.25) is 0 Å². The molecule has 20 heavy (non-hydrogen) atoms. The monoisotopic (exact) mass is 278 g/mol. The maximum absolute atomic E-state index is 10.9. The van der Waals surface area contributed by atoms with Crippen LogP contribution in [0.15, 0.2) is 18.2 Å². The number of carbonyl (C=O) groups is 1. The van der Waals surface area contributed by atoms with Crippen LogP contribution in [-0.4, -0.2) is 41.3 Å². The minimum atomic E-state index is -0.935. The van der Waals surface area contributed by atoms with E-state index in [9.17, 15) is 4.79 Å². The van der Waals surface area contributed by atoms with Crippen molar-refractivity contribution >= 4 is 6.09 Å². The molecule has 0 aliphatic carbocycles. The molecule has 1 heterocycles. The van der Waals surface area contributed by atoms with Gasteiger partial charge >= 0.3 is 6.09 Å². The number of hydrogen-bond acceptors (Lipinski definition) is 3. The first kappa shape index (κ1) is 14.8. The van der Waals surface area contributed by atoms with E-state index in [1.165, 1.54) is 16.0 Å². The van der Waals surface area contributed by atoms with E-state index in [4.69, 9.17) is 15.6 Å². The Labute approximate surface area is 119 Å². The average Bonchev–Trinajstić information content (AvgIpc) is 2.79. The highest BCUT2D eigenvalue weighted by Crippen LogP contribution is 2.17. The Morgan fingerprint density at radius 3 is 2.85 bits per heavy atom. The zero-order valence-corrected chi connectivity index (χ0v) is 12.0. The van der Waals surface area contributed by atoms with Gasteiger partial charge in [-0.2, -0.15) is 0 Å². The molecule has 1 fully saturated rings. The number of carboxylic acid groups (broad SMARTS) is 1. The summed E-state index contributed by atoms with van der Waals surface area (Å²) in [6, 6.07) is 6.03. The molecular weight excluding hydrogens is 256 g/mol. The first-order chi connectivity index (χ1) is 9.51. The van der Waals surface area contributed by atoms with Crippen molar-refractivity contribution in [3.63, 3.8) is 0 Å². The summed E-state index contributed by atoms with van der Waals surface area (Å²) in [5, 5.41) is 8.95. The summed E-state index contributed by atoms with van der Waals surface area (Å²) in [5.74, 6) is 0. The number of hydrogen-bond donors (Lipinski definition) is 2. The molecule has 0 unspecified atom stereocenters. The van der Waals surface area contributed by atoms with Crippen LogP contribution in [0.3, 0.4) is 0 Å². The number of nitrogens with zero attached hydrogens (tertiary/aromatic N) is 1. The number of aryl methyl sites for hydroxylation is 2. The summed E-state index contributed by atoms with van der Waals surface area (Å²) in [5.41, 5.74) is 9.62. The third kappa shape index (κ3) is 3.29. The molecule has 110 valence electrons. The van der Waals surface area contributed by atoms with Crippen molar-refractivity contribution < 1.29 is 14.6 Å². The number of likely N-dealkylation sites (tertiary alicyclic amines) is 1. The smallest absolute Gasteiger partial charge is 0.407 e. The molecule has 0 saturated carbocycles. The molecule has 1 aromatic rings. The molecule has 0 spiro atoms. The van der Waals surface area contributed by atoms with Crippen LogP contribution >= 0.6 is 0 Å². The van der Waals surface area contributed by atoms with Gasteiger partial charge in [0.05, 0.1) is 25.3 Å². The highest BCUT2D eigenvalue weighted by Gasteiger charge is 2.33. The van der Waals surface area contributed by atoms with Crippen molar-refractivity contribution in [3.8, 4) is 0 Å². The fourth-order valence-corrected chi connectivity index (χ4v) is 2.53. The molecule has 1 amide bonds. The van der Waals surface area contributed by atoms with Gasteiger partial charge in [0.25, 0.3) is 0 Å². The Morgan fingerprint density at radius 2 is 2.25 bits per heavy atom. The second kappa shape index (κ2) is 6.24. The van der Waals surface area contributed by atoms with Crippen LogP contribution in [-0.2, 0) is 17.8 Å². The second-order valence-corrected chi connectivity index (χ2v) is 5.32. The molecule has 2 atom stereocenters. The van der Waals surface area contributed by atoms with Gasteiger partial charge in [-0.15, -0.1) is 0 Å². The Balaban J connectivity index is 1.94. The van der Waals surface area contributed by atoms with Gasteiger partial charge in [-0.05, 0) is 30.0 Å². The van der Waals surface area contributed by atoms with Crippen LogP contribution in [0.25, 0.3) is 0 Å². The summed E-state index contributed by atoms with van der Waals surface area (Å²) >= 11 is 0. The number of ether oxygens (including phenoxy) is 1. The van der Waals surface area contributed by atoms with Gasteiger partial charge in [0.2, 0.25) is 0 Å². The average molecular weight is 278 g/mol. The maximum Gasteiger partial charge on any atom is 0.407 e. The fraction of sp³-hybridized carbons (Fsp3) is 0.533. The molecule has 0 aromatic heterocycles. The molecule has 5 nitrogen and oxygen atoms in total. The van der Waals surface area contributed by atoms with E-state index in [2.05, 4.69) is 26.0 Å². The third-order valence-corrected chi connectivity index (χ3v) is 3.84. The summed E-state index contributed by atoms with van der Waals surface area (Å²) in [6.07, 6.45) is -0.164. The van der Waals surface area contributed by atoms with Crippen LogP contribution in [0.5, 0.6) is 0 Å². The number of benzene rings is 1. The van der Waals surface area contributed by atoms with E-state index in [-0.39, 0.29) is 12.1 Å². The number of amides is 1. The minimum Gasteiger partial charge on any atom is -0.465 e. The zero-order chi connectivity index (χ0) is 14.7. The molecule has 0 bridgehead atoms. The molecule has 1 aliphatic rings. The SMILES string of the molecule is CCc1cc(CO[C@H]2CN(C(=O)O)C[C@@H]2N)ccc1C. The predicted octanol–water partition coefficient (Wildman–Crippen LogP) is 1.76. The van der Waals surface area contributed by atoms with Gasteiger partial charge in [0.15, 0.2) is 0 Å². The first-order valence-electron chi connectivity index (χ1n) is 6.94. The Kier molecular flexibility index (Phi) is 4.62. The third-order valence-electron chi connectivity index (χ3n) is 3.84. The van der Waals surface area contributed by atoms with E-state index in [1.54, 1.807) is 0 Å². The van der Waals surface area contributed by atoms with Crippen LogP contribution in [0, 0.1) is 6.92 Å². The lowest BCUT2D eigenvalue weighted by Crippen LogP contribution is -2.35. The second-order valence-electron chi connectivity index (χ2n) is 5.32. The van der Waals surface area contributed by atoms with Crippen LogP contribution < -0.4 is 5.73 Å². The van der Waals surface area contributed by atoms with E-state index < -0.39 is 6.09 Å². The van der Waals surface area contributed by atoms with Crippen molar-refractivity contribution in [1.82, 2.24) is 4.90 Å². The van der Waals surface area contributed by atoms with Crippen molar-refractivity contribution in [3.05, 3.63) is 34.9 Å². The normalized spacial score (nSPS) is 22.2. The van der Waals surface area contributed by atoms with Crippen LogP contribution in [0.1, 0.15) is 23.6 Å². The summed E-state index contributed by atoms with van der Waals surface area (Å²) in [7, 11) is 0. The van der Waals surface area contributed by atoms with Gasteiger partial charge in [0.1, 0.15) is 0 Å². The Morgan fingerprint density at radius 1 is 1.50 bits per heavy atom.